The summed E-state index contributed by atoms with van der Waals surface area (Å²) >= 11 is 0. The Labute approximate surface area is 306 Å². The second-order valence-electron chi connectivity index (χ2n) is 14.5. The monoisotopic (exact) mass is 665 g/mol. The van der Waals surface area contributed by atoms with Crippen molar-refractivity contribution in [2.75, 3.05) is 4.90 Å². The summed E-state index contributed by atoms with van der Waals surface area (Å²) < 4.78 is 0. The molecule has 248 valence electrons. The molecule has 0 N–H and O–H groups in total. The smallest absolute Gasteiger partial charge is 0.0541 e. The number of hydrogen-bond donors (Lipinski definition) is 0. The Hall–Kier alpha value is -6.18. The van der Waals surface area contributed by atoms with Crippen molar-refractivity contribution < 1.29 is 0 Å². The van der Waals surface area contributed by atoms with Gasteiger partial charge in [-0.2, -0.15) is 0 Å². The molecule has 0 aliphatic heterocycles. The highest BCUT2D eigenvalue weighted by Gasteiger charge is 2.56. The number of hydrogen-bond acceptors (Lipinski definition) is 1. The summed E-state index contributed by atoms with van der Waals surface area (Å²) in [6.45, 7) is 4.53. The van der Waals surface area contributed by atoms with Crippen LogP contribution in [-0.4, -0.2) is 0 Å². The molecule has 0 bridgehead atoms. The van der Waals surface area contributed by atoms with Crippen molar-refractivity contribution in [3.63, 3.8) is 0 Å². The van der Waals surface area contributed by atoms with Crippen molar-refractivity contribution >= 4 is 22.6 Å². The normalized spacial score (nSPS) is 15.8. The van der Waals surface area contributed by atoms with E-state index in [0.29, 0.717) is 5.92 Å². The van der Waals surface area contributed by atoms with Gasteiger partial charge in [-0.05, 0) is 129 Å². The highest BCUT2D eigenvalue weighted by Crippen LogP contribution is 2.65. The van der Waals surface area contributed by atoms with Gasteiger partial charge in [0.15, 0.2) is 0 Å². The molecule has 1 spiro atoms. The van der Waals surface area contributed by atoms with Crippen LogP contribution in [0.2, 0.25) is 0 Å². The first kappa shape index (κ1) is 30.6. The summed E-state index contributed by atoms with van der Waals surface area (Å²) in [4.78, 5) is 2.50. The summed E-state index contributed by atoms with van der Waals surface area (Å²) in [5, 5.41) is 0. The molecule has 0 heterocycles. The highest BCUT2D eigenvalue weighted by molar-refractivity contribution is 5.94. The van der Waals surface area contributed by atoms with Crippen LogP contribution >= 0.6 is 0 Å². The lowest BCUT2D eigenvalue weighted by Crippen LogP contribution is -2.32. The topological polar surface area (TPSA) is 3.24 Å². The maximum atomic E-state index is 2.53. The van der Waals surface area contributed by atoms with Gasteiger partial charge < -0.3 is 4.90 Å². The molecule has 52 heavy (non-hydrogen) atoms. The standard InChI is InChI=1S/C51H39N/c1-34-31-39(37-17-7-4-8-18-37)32-35(2)50(34)52(40-27-25-38(26-28-40)36-15-5-3-6-16-36)41-29-30-45-44-21-11-14-24-48(44)51(49(45)33-41)46-22-12-9-19-42(46)43-20-10-13-23-47(43)51/h3-23,25-33,48H,24H2,1-2H3. The van der Waals surface area contributed by atoms with Gasteiger partial charge in [-0.3, -0.25) is 0 Å². The number of nitrogens with zero attached hydrogens (tertiary/aromatic N) is 1. The lowest BCUT2D eigenvalue weighted by Gasteiger charge is -2.36. The zero-order valence-electron chi connectivity index (χ0n) is 29.6. The van der Waals surface area contributed by atoms with E-state index in [1.54, 1.807) is 0 Å². The molecule has 1 unspecified atom stereocenters. The Balaban J connectivity index is 1.21. The van der Waals surface area contributed by atoms with Gasteiger partial charge in [-0.1, -0.05) is 146 Å². The van der Waals surface area contributed by atoms with Gasteiger partial charge in [0, 0.05) is 17.3 Å². The SMILES string of the molecule is Cc1cc(-c2ccccc2)cc(C)c1N(c1ccc(-c2ccccc2)cc1)c1ccc2c(c1)C1(c3ccccc3-c3ccccc31)C1CC=CC=C21. The molecule has 0 fully saturated rings. The summed E-state index contributed by atoms with van der Waals surface area (Å²) in [6.07, 6.45) is 8.02. The highest BCUT2D eigenvalue weighted by atomic mass is 15.1. The van der Waals surface area contributed by atoms with Crippen LogP contribution in [0, 0.1) is 19.8 Å². The molecule has 10 rings (SSSR count). The first-order valence-corrected chi connectivity index (χ1v) is 18.5. The second kappa shape index (κ2) is 12.0. The minimum absolute atomic E-state index is 0.265. The van der Waals surface area contributed by atoms with Crippen molar-refractivity contribution in [3.05, 3.63) is 215 Å². The number of allylic oxidation sites excluding steroid dienone is 4. The van der Waals surface area contributed by atoms with Gasteiger partial charge >= 0.3 is 0 Å². The van der Waals surface area contributed by atoms with Crippen LogP contribution in [0.1, 0.15) is 39.8 Å². The van der Waals surface area contributed by atoms with E-state index in [1.165, 1.54) is 83.7 Å². The summed E-state index contributed by atoms with van der Waals surface area (Å²) in [5.74, 6) is 0.333. The lowest BCUT2D eigenvalue weighted by atomic mass is 9.65. The van der Waals surface area contributed by atoms with Gasteiger partial charge in [0.25, 0.3) is 0 Å². The number of benzene rings is 7. The second-order valence-corrected chi connectivity index (χ2v) is 14.5. The molecule has 0 aromatic heterocycles. The predicted octanol–water partition coefficient (Wildman–Crippen LogP) is 13.4. The first-order valence-electron chi connectivity index (χ1n) is 18.5. The van der Waals surface area contributed by atoms with Crippen LogP contribution in [0.25, 0.3) is 39.0 Å². The maximum Gasteiger partial charge on any atom is 0.0541 e. The molecule has 7 aromatic rings. The van der Waals surface area contributed by atoms with Gasteiger partial charge in [-0.25, -0.2) is 0 Å². The van der Waals surface area contributed by atoms with E-state index in [4.69, 9.17) is 0 Å². The Bertz CT molecular complexity index is 2490. The van der Waals surface area contributed by atoms with Gasteiger partial charge in [0.2, 0.25) is 0 Å². The molecular formula is C51H39N. The Kier molecular flexibility index (Phi) is 7.05. The molecule has 0 amide bonds. The van der Waals surface area contributed by atoms with E-state index in [9.17, 15) is 0 Å². The van der Waals surface area contributed by atoms with Crippen LogP contribution < -0.4 is 4.90 Å². The molecule has 3 aliphatic carbocycles. The Morgan fingerprint density at radius 3 is 1.65 bits per heavy atom. The zero-order valence-corrected chi connectivity index (χ0v) is 29.6. The van der Waals surface area contributed by atoms with Crippen LogP contribution in [0.3, 0.4) is 0 Å². The van der Waals surface area contributed by atoms with Crippen molar-refractivity contribution in [1.29, 1.82) is 0 Å². The number of rotatable bonds is 5. The van der Waals surface area contributed by atoms with Crippen molar-refractivity contribution in [1.82, 2.24) is 0 Å². The van der Waals surface area contributed by atoms with E-state index >= 15 is 0 Å². The zero-order chi connectivity index (χ0) is 34.8. The maximum absolute atomic E-state index is 2.53. The largest absolute Gasteiger partial charge is 0.310 e. The Morgan fingerprint density at radius 1 is 0.481 bits per heavy atom. The summed E-state index contributed by atoms with van der Waals surface area (Å²) in [6, 6.07) is 60.8. The van der Waals surface area contributed by atoms with Crippen LogP contribution in [-0.2, 0) is 5.41 Å². The van der Waals surface area contributed by atoms with Gasteiger partial charge in [-0.15, -0.1) is 0 Å². The number of fused-ring (bicyclic) bond motifs is 10. The van der Waals surface area contributed by atoms with Crippen LogP contribution in [0.15, 0.2) is 182 Å². The fourth-order valence-electron chi connectivity index (χ4n) is 9.64. The van der Waals surface area contributed by atoms with E-state index in [2.05, 4.69) is 201 Å². The lowest BCUT2D eigenvalue weighted by molar-refractivity contribution is 0.495. The molecule has 3 aliphatic rings. The fourth-order valence-corrected chi connectivity index (χ4v) is 9.64. The Morgan fingerprint density at radius 2 is 1.02 bits per heavy atom. The van der Waals surface area contributed by atoms with Crippen molar-refractivity contribution in [2.24, 2.45) is 5.92 Å². The summed E-state index contributed by atoms with van der Waals surface area (Å²) in [7, 11) is 0. The van der Waals surface area contributed by atoms with Gasteiger partial charge in [0.05, 0.1) is 11.1 Å². The van der Waals surface area contributed by atoms with Crippen LogP contribution in [0.4, 0.5) is 17.1 Å². The molecule has 1 heteroatoms. The predicted molar refractivity (Wildman–Crippen MR) is 218 cm³/mol. The van der Waals surface area contributed by atoms with Gasteiger partial charge in [0.1, 0.15) is 0 Å². The molecule has 0 saturated carbocycles. The molecule has 1 atom stereocenters. The third-order valence-corrected chi connectivity index (χ3v) is 11.7. The molecule has 1 nitrogen and oxygen atoms in total. The minimum atomic E-state index is -0.265. The average molecular weight is 666 g/mol. The molecule has 0 saturated heterocycles. The van der Waals surface area contributed by atoms with E-state index in [1.807, 2.05) is 0 Å². The van der Waals surface area contributed by atoms with E-state index < -0.39 is 0 Å². The molecule has 7 aromatic carbocycles. The van der Waals surface area contributed by atoms with E-state index in [0.717, 1.165) is 12.1 Å². The average Bonchev–Trinajstić information content (AvgIpc) is 3.67. The van der Waals surface area contributed by atoms with Crippen molar-refractivity contribution in [2.45, 2.75) is 25.7 Å². The fraction of sp³-hybridized carbons (Fsp3) is 0.0980. The molecule has 0 radical (unpaired) electrons. The first-order chi connectivity index (χ1) is 25.6. The molecular weight excluding hydrogens is 627 g/mol. The van der Waals surface area contributed by atoms with Crippen molar-refractivity contribution in [3.8, 4) is 33.4 Å². The third kappa shape index (κ3) is 4.49. The van der Waals surface area contributed by atoms with Crippen LogP contribution in [0.5, 0.6) is 0 Å². The number of anilines is 3. The van der Waals surface area contributed by atoms with E-state index in [-0.39, 0.29) is 5.41 Å². The third-order valence-electron chi connectivity index (χ3n) is 11.7. The summed E-state index contributed by atoms with van der Waals surface area (Å²) in [5.41, 5.74) is 20.5. The quantitative estimate of drug-likeness (QED) is 0.177. The minimum Gasteiger partial charge on any atom is -0.310 e. The number of aryl methyl sites for hydroxylation is 2.